The number of benzene rings is 2. The van der Waals surface area contributed by atoms with Gasteiger partial charge in [0.1, 0.15) is 5.58 Å². The largest absolute Gasteiger partial charge is 0.464 e. The van der Waals surface area contributed by atoms with Gasteiger partial charge in [0.25, 0.3) is 0 Å². The van der Waals surface area contributed by atoms with E-state index in [2.05, 4.69) is 24.3 Å². The summed E-state index contributed by atoms with van der Waals surface area (Å²) in [5, 5.41) is 1.12. The Labute approximate surface area is 88.0 Å². The third kappa shape index (κ3) is 1.42. The molecule has 0 atom stereocenters. The number of fused-ring (bicyclic) bond motifs is 1. The summed E-state index contributed by atoms with van der Waals surface area (Å²) in [5.41, 5.74) is 3.17. The SMILES string of the molecule is [c]1cc2occc2cc1-c1ccccc1. The number of rotatable bonds is 1. The molecule has 3 rings (SSSR count). The topological polar surface area (TPSA) is 13.1 Å². The Morgan fingerprint density at radius 1 is 1.00 bits per heavy atom. The molecule has 0 aliphatic heterocycles. The van der Waals surface area contributed by atoms with Crippen molar-refractivity contribution in [2.75, 3.05) is 0 Å². The highest BCUT2D eigenvalue weighted by atomic mass is 16.3. The van der Waals surface area contributed by atoms with E-state index in [4.69, 9.17) is 4.42 Å². The second-order valence-electron chi connectivity index (χ2n) is 3.45. The van der Waals surface area contributed by atoms with Crippen LogP contribution in [0.1, 0.15) is 0 Å². The van der Waals surface area contributed by atoms with Crippen LogP contribution >= 0.6 is 0 Å². The fourth-order valence-corrected chi connectivity index (χ4v) is 1.69. The zero-order valence-corrected chi connectivity index (χ0v) is 8.10. The molecule has 71 valence electrons. The van der Waals surface area contributed by atoms with Crippen LogP contribution in [0.15, 0.2) is 59.2 Å². The molecule has 0 saturated heterocycles. The van der Waals surface area contributed by atoms with Crippen molar-refractivity contribution in [1.82, 2.24) is 0 Å². The molecule has 3 aromatic rings. The molecular weight excluding hydrogens is 184 g/mol. The first-order valence-corrected chi connectivity index (χ1v) is 4.88. The van der Waals surface area contributed by atoms with E-state index in [-0.39, 0.29) is 0 Å². The minimum Gasteiger partial charge on any atom is -0.464 e. The van der Waals surface area contributed by atoms with Gasteiger partial charge in [-0.1, -0.05) is 30.3 Å². The summed E-state index contributed by atoms with van der Waals surface area (Å²) in [6, 6.07) is 19.4. The van der Waals surface area contributed by atoms with Crippen molar-refractivity contribution in [1.29, 1.82) is 0 Å². The van der Waals surface area contributed by atoms with Crippen LogP contribution in [0.5, 0.6) is 0 Å². The van der Waals surface area contributed by atoms with Crippen LogP contribution in [0.4, 0.5) is 0 Å². The minimum atomic E-state index is 0.884. The summed E-state index contributed by atoms with van der Waals surface area (Å²) in [4.78, 5) is 0. The Kier molecular flexibility index (Phi) is 1.82. The maximum Gasteiger partial charge on any atom is 0.134 e. The molecule has 1 heterocycles. The van der Waals surface area contributed by atoms with E-state index in [0.717, 1.165) is 16.5 Å². The molecule has 0 N–H and O–H groups in total. The fourth-order valence-electron chi connectivity index (χ4n) is 1.69. The quantitative estimate of drug-likeness (QED) is 0.571. The molecule has 0 fully saturated rings. The molecule has 1 radical (unpaired) electrons. The van der Waals surface area contributed by atoms with Crippen LogP contribution in [0, 0.1) is 6.07 Å². The van der Waals surface area contributed by atoms with Gasteiger partial charge in [0.2, 0.25) is 0 Å². The van der Waals surface area contributed by atoms with Crippen molar-refractivity contribution in [3.63, 3.8) is 0 Å². The monoisotopic (exact) mass is 193 g/mol. The molecule has 0 amide bonds. The summed E-state index contributed by atoms with van der Waals surface area (Å²) >= 11 is 0. The molecule has 15 heavy (non-hydrogen) atoms. The zero-order chi connectivity index (χ0) is 10.1. The van der Waals surface area contributed by atoms with Crippen LogP contribution in [-0.4, -0.2) is 0 Å². The van der Waals surface area contributed by atoms with Crippen LogP contribution in [0.2, 0.25) is 0 Å². The highest BCUT2D eigenvalue weighted by molar-refractivity contribution is 5.82. The molecule has 1 heteroatoms. The lowest BCUT2D eigenvalue weighted by atomic mass is 10.0. The first-order chi connectivity index (χ1) is 7.43. The van der Waals surface area contributed by atoms with Gasteiger partial charge in [-0.05, 0) is 35.4 Å². The molecule has 1 nitrogen and oxygen atoms in total. The van der Waals surface area contributed by atoms with Gasteiger partial charge in [0, 0.05) is 5.39 Å². The normalized spacial score (nSPS) is 10.7. The van der Waals surface area contributed by atoms with E-state index in [1.807, 2.05) is 30.3 Å². The Balaban J connectivity index is 2.19. The van der Waals surface area contributed by atoms with Gasteiger partial charge in [-0.3, -0.25) is 0 Å². The van der Waals surface area contributed by atoms with E-state index >= 15 is 0 Å². The van der Waals surface area contributed by atoms with Gasteiger partial charge >= 0.3 is 0 Å². The first-order valence-electron chi connectivity index (χ1n) is 4.88. The van der Waals surface area contributed by atoms with Crippen LogP contribution in [-0.2, 0) is 0 Å². The van der Waals surface area contributed by atoms with Gasteiger partial charge in [0.15, 0.2) is 0 Å². The Morgan fingerprint density at radius 2 is 1.87 bits per heavy atom. The maximum atomic E-state index is 5.28. The first kappa shape index (κ1) is 8.30. The highest BCUT2D eigenvalue weighted by Crippen LogP contribution is 2.24. The molecular formula is C14H9O. The maximum absolute atomic E-state index is 5.28. The molecule has 0 spiro atoms. The van der Waals surface area contributed by atoms with Gasteiger partial charge in [0.05, 0.1) is 6.26 Å². The summed E-state index contributed by atoms with van der Waals surface area (Å²) in [6.45, 7) is 0. The third-order valence-corrected chi connectivity index (χ3v) is 2.47. The molecule has 2 aromatic carbocycles. The second-order valence-corrected chi connectivity index (χ2v) is 3.45. The predicted octanol–water partition coefficient (Wildman–Crippen LogP) is 3.90. The smallest absolute Gasteiger partial charge is 0.134 e. The lowest BCUT2D eigenvalue weighted by Crippen LogP contribution is -1.76. The van der Waals surface area contributed by atoms with Crippen molar-refractivity contribution in [2.24, 2.45) is 0 Å². The van der Waals surface area contributed by atoms with Gasteiger partial charge < -0.3 is 4.42 Å². The Bertz CT molecular complexity index is 578. The van der Waals surface area contributed by atoms with Crippen molar-refractivity contribution in [3.8, 4) is 11.1 Å². The summed E-state index contributed by atoms with van der Waals surface area (Å²) < 4.78 is 5.28. The van der Waals surface area contributed by atoms with Gasteiger partial charge in [-0.2, -0.15) is 0 Å². The zero-order valence-electron chi connectivity index (χ0n) is 8.10. The number of furan rings is 1. The lowest BCUT2D eigenvalue weighted by Gasteiger charge is -1.99. The van der Waals surface area contributed by atoms with Crippen LogP contribution in [0.25, 0.3) is 22.1 Å². The molecule has 0 saturated carbocycles. The van der Waals surface area contributed by atoms with Crippen molar-refractivity contribution in [2.45, 2.75) is 0 Å². The predicted molar refractivity (Wildman–Crippen MR) is 60.5 cm³/mol. The van der Waals surface area contributed by atoms with Gasteiger partial charge in [-0.25, -0.2) is 0 Å². The standard InChI is InChI=1S/C14H9O/c1-2-4-11(5-3-1)12-6-7-14-13(10-12)8-9-15-14/h1-5,7-10H. The van der Waals surface area contributed by atoms with Crippen molar-refractivity contribution >= 4 is 11.0 Å². The van der Waals surface area contributed by atoms with E-state index < -0.39 is 0 Å². The Morgan fingerprint density at radius 3 is 2.73 bits per heavy atom. The van der Waals surface area contributed by atoms with Crippen LogP contribution in [0.3, 0.4) is 0 Å². The van der Waals surface area contributed by atoms with E-state index in [1.165, 1.54) is 5.56 Å². The fraction of sp³-hybridized carbons (Fsp3) is 0. The summed E-state index contributed by atoms with van der Waals surface area (Å²) in [5.74, 6) is 0. The summed E-state index contributed by atoms with van der Waals surface area (Å²) in [6.07, 6.45) is 1.70. The van der Waals surface area contributed by atoms with Crippen LogP contribution < -0.4 is 0 Å². The van der Waals surface area contributed by atoms with Crippen molar-refractivity contribution in [3.05, 3.63) is 60.9 Å². The van der Waals surface area contributed by atoms with E-state index in [9.17, 15) is 0 Å². The Hall–Kier alpha value is -2.02. The lowest BCUT2D eigenvalue weighted by molar-refractivity contribution is 0.616. The number of hydrogen-bond donors (Lipinski definition) is 0. The van der Waals surface area contributed by atoms with E-state index in [1.54, 1.807) is 6.26 Å². The average molecular weight is 193 g/mol. The summed E-state index contributed by atoms with van der Waals surface area (Å²) in [7, 11) is 0. The third-order valence-electron chi connectivity index (χ3n) is 2.47. The second kappa shape index (κ2) is 3.28. The van der Waals surface area contributed by atoms with Gasteiger partial charge in [-0.15, -0.1) is 0 Å². The molecule has 0 aliphatic rings. The molecule has 0 aliphatic carbocycles. The minimum absolute atomic E-state index is 0.884. The molecule has 0 unspecified atom stereocenters. The molecule has 0 bridgehead atoms. The highest BCUT2D eigenvalue weighted by Gasteiger charge is 2.00. The average Bonchev–Trinajstić information content (AvgIpc) is 2.77. The van der Waals surface area contributed by atoms with E-state index in [0.29, 0.717) is 0 Å². The molecule has 1 aromatic heterocycles. The number of hydrogen-bond acceptors (Lipinski definition) is 1. The van der Waals surface area contributed by atoms with Crippen molar-refractivity contribution < 1.29 is 4.42 Å².